The lowest BCUT2D eigenvalue weighted by molar-refractivity contribution is -1.02. The van der Waals surface area contributed by atoms with Crippen molar-refractivity contribution in [3.63, 3.8) is 0 Å². The molecule has 0 radical (unpaired) electrons. The highest BCUT2D eigenvalue weighted by molar-refractivity contribution is 5.77. The maximum Gasteiger partial charge on any atom is 0.275 e. The van der Waals surface area contributed by atoms with E-state index in [9.17, 15) is 4.79 Å². The number of quaternary nitrogens is 2. The van der Waals surface area contributed by atoms with Crippen molar-refractivity contribution < 1.29 is 19.3 Å². The van der Waals surface area contributed by atoms with Gasteiger partial charge in [0.05, 0.1) is 6.61 Å². The molecule has 1 aromatic carbocycles. The van der Waals surface area contributed by atoms with Gasteiger partial charge in [0.2, 0.25) is 0 Å². The van der Waals surface area contributed by atoms with Crippen molar-refractivity contribution >= 4 is 5.91 Å². The summed E-state index contributed by atoms with van der Waals surface area (Å²) in [5.41, 5.74) is 2.77. The van der Waals surface area contributed by atoms with Crippen molar-refractivity contribution in [2.75, 3.05) is 39.3 Å². The van der Waals surface area contributed by atoms with E-state index in [0.717, 1.165) is 57.9 Å². The monoisotopic (exact) mass is 375 g/mol. The number of rotatable bonds is 8. The number of fused-ring (bicyclic) bond motifs is 1. The van der Waals surface area contributed by atoms with E-state index < -0.39 is 0 Å². The molecule has 0 aromatic heterocycles. The number of benzene rings is 1. The predicted octanol–water partition coefficient (Wildman–Crippen LogP) is -0.154. The van der Waals surface area contributed by atoms with Gasteiger partial charge in [0, 0.05) is 18.0 Å². The number of amides is 1. The van der Waals surface area contributed by atoms with E-state index in [4.69, 9.17) is 4.74 Å². The van der Waals surface area contributed by atoms with Gasteiger partial charge in [-0.3, -0.25) is 4.79 Å². The van der Waals surface area contributed by atoms with Gasteiger partial charge in [0.25, 0.3) is 5.91 Å². The van der Waals surface area contributed by atoms with E-state index in [1.807, 2.05) is 0 Å². The highest BCUT2D eigenvalue weighted by Gasteiger charge is 2.25. The lowest BCUT2D eigenvalue weighted by atomic mass is 10.0. The minimum absolute atomic E-state index is 0.211. The van der Waals surface area contributed by atoms with Gasteiger partial charge in [-0.1, -0.05) is 13.8 Å². The van der Waals surface area contributed by atoms with Crippen LogP contribution in [0.4, 0.5) is 0 Å². The summed E-state index contributed by atoms with van der Waals surface area (Å²) in [6.07, 6.45) is 3.29. The van der Waals surface area contributed by atoms with Gasteiger partial charge in [-0.15, -0.1) is 0 Å². The fourth-order valence-corrected chi connectivity index (χ4v) is 4.16. The molecular formula is C22H37N3O2+2. The minimum Gasteiger partial charge on any atom is -0.493 e. The van der Waals surface area contributed by atoms with Crippen LogP contribution in [0.1, 0.15) is 44.7 Å². The SMILES string of the molecule is CC(C)CC[C@H](C)NC(=O)C[NH+]1CC[NH+](Cc2ccc3c(c2)CCO3)CC1. The number of hydrogen-bond acceptors (Lipinski definition) is 2. The van der Waals surface area contributed by atoms with Crippen LogP contribution in [0.15, 0.2) is 18.2 Å². The standard InChI is InChI=1S/C22H35N3O2/c1-17(2)4-5-18(3)23-22(26)16-25-11-9-24(10-12-25)15-19-6-7-21-20(14-19)8-13-27-21/h6-7,14,17-18H,4-5,8-13,15-16H2,1-3H3,(H,23,26)/p+2/t18-/m0/s1. The minimum atomic E-state index is 0.211. The maximum atomic E-state index is 12.3. The van der Waals surface area contributed by atoms with Gasteiger partial charge in [-0.05, 0) is 49.4 Å². The molecule has 2 aliphatic rings. The first-order chi connectivity index (χ1) is 13.0. The molecule has 3 rings (SSSR count). The Bertz CT molecular complexity index is 624. The quantitative estimate of drug-likeness (QED) is 0.592. The second-order valence-electron chi connectivity index (χ2n) is 8.83. The largest absolute Gasteiger partial charge is 0.493 e. The average Bonchev–Trinajstić information content (AvgIpc) is 3.09. The van der Waals surface area contributed by atoms with E-state index in [2.05, 4.69) is 44.3 Å². The molecule has 0 aliphatic carbocycles. The van der Waals surface area contributed by atoms with Crippen LogP contribution in [0, 0.1) is 5.92 Å². The summed E-state index contributed by atoms with van der Waals surface area (Å²) in [6, 6.07) is 6.95. The van der Waals surface area contributed by atoms with Crippen LogP contribution in [0.2, 0.25) is 0 Å². The third kappa shape index (κ3) is 6.22. The van der Waals surface area contributed by atoms with Gasteiger partial charge >= 0.3 is 0 Å². The Morgan fingerprint density at radius 1 is 1.11 bits per heavy atom. The van der Waals surface area contributed by atoms with Crippen LogP contribution >= 0.6 is 0 Å². The Labute approximate surface area is 164 Å². The summed E-state index contributed by atoms with van der Waals surface area (Å²) in [5.74, 6) is 1.98. The second-order valence-corrected chi connectivity index (χ2v) is 8.83. The van der Waals surface area contributed by atoms with Gasteiger partial charge in [0.15, 0.2) is 6.54 Å². The second kappa shape index (κ2) is 9.56. The molecule has 5 heteroatoms. The maximum absolute atomic E-state index is 12.3. The summed E-state index contributed by atoms with van der Waals surface area (Å²) in [7, 11) is 0. The van der Waals surface area contributed by atoms with E-state index in [-0.39, 0.29) is 11.9 Å². The molecule has 2 aliphatic heterocycles. The molecule has 0 saturated carbocycles. The summed E-state index contributed by atoms with van der Waals surface area (Å²) in [4.78, 5) is 15.4. The first kappa shape index (κ1) is 20.2. The van der Waals surface area contributed by atoms with Crippen LogP contribution in [0.5, 0.6) is 5.75 Å². The first-order valence-electron chi connectivity index (χ1n) is 10.7. The van der Waals surface area contributed by atoms with Crippen molar-refractivity contribution in [3.05, 3.63) is 29.3 Å². The summed E-state index contributed by atoms with van der Waals surface area (Å²) in [5, 5.41) is 3.18. The topological polar surface area (TPSA) is 47.2 Å². The van der Waals surface area contributed by atoms with E-state index >= 15 is 0 Å². The third-order valence-corrected chi connectivity index (χ3v) is 5.87. The molecule has 0 bridgehead atoms. The number of carbonyl (C=O) groups excluding carboxylic acids is 1. The van der Waals surface area contributed by atoms with Crippen molar-refractivity contribution in [2.24, 2.45) is 5.92 Å². The highest BCUT2D eigenvalue weighted by atomic mass is 16.5. The van der Waals surface area contributed by atoms with E-state index in [1.165, 1.54) is 22.4 Å². The predicted molar refractivity (Wildman–Crippen MR) is 107 cm³/mol. The molecule has 150 valence electrons. The molecule has 0 unspecified atom stereocenters. The first-order valence-corrected chi connectivity index (χ1v) is 10.7. The van der Waals surface area contributed by atoms with Crippen LogP contribution in [0.3, 0.4) is 0 Å². The third-order valence-electron chi connectivity index (χ3n) is 5.87. The molecule has 1 aromatic rings. The van der Waals surface area contributed by atoms with Crippen molar-refractivity contribution in [3.8, 4) is 5.75 Å². The zero-order valence-corrected chi connectivity index (χ0v) is 17.3. The van der Waals surface area contributed by atoms with E-state index in [0.29, 0.717) is 12.5 Å². The van der Waals surface area contributed by atoms with Gasteiger partial charge in [0.1, 0.15) is 38.5 Å². The summed E-state index contributed by atoms with van der Waals surface area (Å²) in [6.45, 7) is 13.6. The molecule has 5 nitrogen and oxygen atoms in total. The number of hydrogen-bond donors (Lipinski definition) is 3. The molecule has 27 heavy (non-hydrogen) atoms. The fraction of sp³-hybridized carbons (Fsp3) is 0.682. The van der Waals surface area contributed by atoms with Crippen molar-refractivity contribution in [1.29, 1.82) is 0 Å². The molecule has 2 heterocycles. The Balaban J connectivity index is 1.37. The Kier molecular flexibility index (Phi) is 7.13. The van der Waals surface area contributed by atoms with Gasteiger partial charge in [-0.25, -0.2) is 0 Å². The van der Waals surface area contributed by atoms with Crippen LogP contribution in [0.25, 0.3) is 0 Å². The molecule has 1 fully saturated rings. The molecule has 1 atom stereocenters. The number of nitrogens with one attached hydrogen (secondary N) is 3. The van der Waals surface area contributed by atoms with Crippen LogP contribution in [-0.2, 0) is 17.8 Å². The Morgan fingerprint density at radius 2 is 1.85 bits per heavy atom. The lowest BCUT2D eigenvalue weighted by Gasteiger charge is -2.29. The van der Waals surface area contributed by atoms with Crippen molar-refractivity contribution in [2.45, 2.75) is 52.6 Å². The Hall–Kier alpha value is -1.59. The summed E-state index contributed by atoms with van der Waals surface area (Å²) < 4.78 is 5.60. The van der Waals surface area contributed by atoms with Crippen LogP contribution in [-0.4, -0.2) is 51.3 Å². The zero-order chi connectivity index (χ0) is 19.2. The van der Waals surface area contributed by atoms with Crippen molar-refractivity contribution in [1.82, 2.24) is 5.32 Å². The van der Waals surface area contributed by atoms with Crippen LogP contribution < -0.4 is 19.9 Å². The summed E-state index contributed by atoms with van der Waals surface area (Å²) >= 11 is 0. The Morgan fingerprint density at radius 3 is 2.59 bits per heavy atom. The fourth-order valence-electron chi connectivity index (χ4n) is 4.16. The molecule has 1 saturated heterocycles. The smallest absolute Gasteiger partial charge is 0.275 e. The van der Waals surface area contributed by atoms with Gasteiger partial charge in [-0.2, -0.15) is 0 Å². The molecular weight excluding hydrogens is 338 g/mol. The van der Waals surface area contributed by atoms with E-state index in [1.54, 1.807) is 4.90 Å². The average molecular weight is 376 g/mol. The lowest BCUT2D eigenvalue weighted by Crippen LogP contribution is -3.28. The van der Waals surface area contributed by atoms with Gasteiger partial charge < -0.3 is 19.9 Å². The number of carbonyl (C=O) groups is 1. The molecule has 3 N–H and O–H groups in total. The number of piperazine rings is 1. The molecule has 1 amide bonds. The molecule has 0 spiro atoms. The zero-order valence-electron chi connectivity index (χ0n) is 17.3. The normalized spacial score (nSPS) is 23.0. The highest BCUT2D eigenvalue weighted by Crippen LogP contribution is 2.25. The number of ether oxygens (including phenoxy) is 1.